The first-order valence-corrected chi connectivity index (χ1v) is 8.05. The van der Waals surface area contributed by atoms with E-state index in [1.54, 1.807) is 18.2 Å². The molecule has 0 saturated heterocycles. The van der Waals surface area contributed by atoms with E-state index in [0.717, 1.165) is 24.9 Å². The van der Waals surface area contributed by atoms with Gasteiger partial charge < -0.3 is 11.1 Å². The number of nitrogens with one attached hydrogen (secondary N) is 1. The third kappa shape index (κ3) is 4.61. The first-order valence-electron chi connectivity index (χ1n) is 7.67. The number of nitrogens with zero attached hydrogens (tertiary/aromatic N) is 1. The van der Waals surface area contributed by atoms with Crippen molar-refractivity contribution in [1.29, 1.82) is 0 Å². The van der Waals surface area contributed by atoms with Crippen LogP contribution in [0.2, 0.25) is 5.02 Å². The molecule has 4 nitrogen and oxygen atoms in total. The molecule has 0 unspecified atom stereocenters. The van der Waals surface area contributed by atoms with E-state index < -0.39 is 0 Å². The summed E-state index contributed by atoms with van der Waals surface area (Å²) in [6.45, 7) is 2.54. The number of hydrogen-bond acceptors (Lipinski definition) is 3. The number of halogens is 1. The lowest BCUT2D eigenvalue weighted by Crippen LogP contribution is -2.36. The SMILES string of the molecule is Nc1ccc(Cl)c(NC(=O)CN(CC2CC2)CC2CC2)c1. The number of benzene rings is 1. The minimum absolute atomic E-state index is 0.0104. The van der Waals surface area contributed by atoms with Gasteiger partial charge in [-0.2, -0.15) is 0 Å². The van der Waals surface area contributed by atoms with Crippen molar-refractivity contribution < 1.29 is 4.79 Å². The second-order valence-electron chi connectivity index (χ2n) is 6.37. The van der Waals surface area contributed by atoms with E-state index in [1.165, 1.54) is 25.7 Å². The number of carbonyl (C=O) groups excluding carboxylic acids is 1. The third-order valence-electron chi connectivity index (χ3n) is 4.06. The van der Waals surface area contributed by atoms with Gasteiger partial charge in [-0.15, -0.1) is 0 Å². The maximum Gasteiger partial charge on any atom is 0.238 e. The smallest absolute Gasteiger partial charge is 0.238 e. The zero-order chi connectivity index (χ0) is 14.8. The molecule has 0 heterocycles. The molecule has 0 spiro atoms. The lowest BCUT2D eigenvalue weighted by atomic mass is 10.2. The van der Waals surface area contributed by atoms with E-state index in [4.69, 9.17) is 17.3 Å². The molecule has 2 fully saturated rings. The van der Waals surface area contributed by atoms with Crippen molar-refractivity contribution in [2.24, 2.45) is 11.8 Å². The molecule has 2 saturated carbocycles. The van der Waals surface area contributed by atoms with Crippen LogP contribution in [0.25, 0.3) is 0 Å². The van der Waals surface area contributed by atoms with Crippen LogP contribution in [0.5, 0.6) is 0 Å². The molecule has 2 aliphatic rings. The van der Waals surface area contributed by atoms with Crippen LogP contribution >= 0.6 is 11.6 Å². The molecule has 3 N–H and O–H groups in total. The van der Waals surface area contributed by atoms with Crippen LogP contribution in [0.15, 0.2) is 18.2 Å². The number of hydrogen-bond donors (Lipinski definition) is 2. The lowest BCUT2D eigenvalue weighted by Gasteiger charge is -2.21. The highest BCUT2D eigenvalue weighted by molar-refractivity contribution is 6.33. The molecule has 0 atom stereocenters. The van der Waals surface area contributed by atoms with Gasteiger partial charge in [-0.05, 0) is 55.7 Å². The highest BCUT2D eigenvalue weighted by atomic mass is 35.5. The third-order valence-corrected chi connectivity index (χ3v) is 4.39. The molecule has 0 aliphatic heterocycles. The molecular formula is C16H22ClN3O. The normalized spacial score (nSPS) is 18.0. The molecule has 21 heavy (non-hydrogen) atoms. The Morgan fingerprint density at radius 3 is 2.43 bits per heavy atom. The first kappa shape index (κ1) is 14.7. The number of carbonyl (C=O) groups is 1. The lowest BCUT2D eigenvalue weighted by molar-refractivity contribution is -0.117. The van der Waals surface area contributed by atoms with Crippen molar-refractivity contribution in [1.82, 2.24) is 4.90 Å². The van der Waals surface area contributed by atoms with Gasteiger partial charge in [-0.25, -0.2) is 0 Å². The number of nitrogens with two attached hydrogens (primary N) is 1. The molecule has 0 bridgehead atoms. The van der Waals surface area contributed by atoms with Crippen molar-refractivity contribution in [3.8, 4) is 0 Å². The molecule has 1 amide bonds. The fourth-order valence-electron chi connectivity index (χ4n) is 2.57. The van der Waals surface area contributed by atoms with E-state index in [1.807, 2.05) is 0 Å². The van der Waals surface area contributed by atoms with Gasteiger partial charge in [-0.3, -0.25) is 9.69 Å². The Balaban J connectivity index is 1.56. The van der Waals surface area contributed by atoms with Crippen LogP contribution in [0.4, 0.5) is 11.4 Å². The van der Waals surface area contributed by atoms with E-state index >= 15 is 0 Å². The number of anilines is 2. The average Bonchev–Trinajstić information content (AvgIpc) is 3.30. The summed E-state index contributed by atoms with van der Waals surface area (Å²) in [5.74, 6) is 1.59. The maximum atomic E-state index is 12.2. The predicted octanol–water partition coefficient (Wildman–Crippen LogP) is 2.98. The Morgan fingerprint density at radius 1 is 1.24 bits per heavy atom. The van der Waals surface area contributed by atoms with Gasteiger partial charge in [0.2, 0.25) is 5.91 Å². The number of nitrogen functional groups attached to an aromatic ring is 1. The zero-order valence-electron chi connectivity index (χ0n) is 12.1. The van der Waals surface area contributed by atoms with Crippen LogP contribution in [-0.4, -0.2) is 30.4 Å². The Bertz CT molecular complexity index is 512. The highest BCUT2D eigenvalue weighted by Gasteiger charge is 2.30. The van der Waals surface area contributed by atoms with Gasteiger partial charge in [-0.1, -0.05) is 11.6 Å². The van der Waals surface area contributed by atoms with E-state index in [9.17, 15) is 4.79 Å². The van der Waals surface area contributed by atoms with E-state index in [2.05, 4.69) is 10.2 Å². The zero-order valence-corrected chi connectivity index (χ0v) is 12.9. The van der Waals surface area contributed by atoms with Crippen molar-refractivity contribution in [2.45, 2.75) is 25.7 Å². The Labute approximate surface area is 130 Å². The predicted molar refractivity (Wildman–Crippen MR) is 86.4 cm³/mol. The maximum absolute atomic E-state index is 12.2. The van der Waals surface area contributed by atoms with Crippen molar-refractivity contribution >= 4 is 28.9 Å². The summed E-state index contributed by atoms with van der Waals surface area (Å²) in [5.41, 5.74) is 6.93. The summed E-state index contributed by atoms with van der Waals surface area (Å²) in [7, 11) is 0. The number of rotatable bonds is 7. The summed E-state index contributed by atoms with van der Waals surface area (Å²) in [4.78, 5) is 14.5. The summed E-state index contributed by atoms with van der Waals surface area (Å²) in [6.07, 6.45) is 5.24. The fourth-order valence-corrected chi connectivity index (χ4v) is 2.73. The monoisotopic (exact) mass is 307 g/mol. The van der Waals surface area contributed by atoms with Crippen LogP contribution in [0.1, 0.15) is 25.7 Å². The van der Waals surface area contributed by atoms with E-state index in [0.29, 0.717) is 22.9 Å². The summed E-state index contributed by atoms with van der Waals surface area (Å²) < 4.78 is 0. The second kappa shape index (κ2) is 6.24. The average molecular weight is 308 g/mol. The largest absolute Gasteiger partial charge is 0.399 e. The quantitative estimate of drug-likeness (QED) is 0.761. The minimum atomic E-state index is -0.0104. The van der Waals surface area contributed by atoms with Gasteiger partial charge >= 0.3 is 0 Å². The van der Waals surface area contributed by atoms with Gasteiger partial charge in [0.1, 0.15) is 0 Å². The summed E-state index contributed by atoms with van der Waals surface area (Å²) in [5, 5.41) is 3.40. The van der Waals surface area contributed by atoms with Gasteiger partial charge in [0.15, 0.2) is 0 Å². The fraction of sp³-hybridized carbons (Fsp3) is 0.562. The van der Waals surface area contributed by atoms with Gasteiger partial charge in [0.25, 0.3) is 0 Å². The summed E-state index contributed by atoms with van der Waals surface area (Å²) in [6, 6.07) is 5.13. The standard InChI is InChI=1S/C16H22ClN3O/c17-14-6-5-13(18)7-15(14)19-16(21)10-20(8-11-1-2-11)9-12-3-4-12/h5-7,11-12H,1-4,8-10,18H2,(H,19,21). The van der Waals surface area contributed by atoms with Crippen molar-refractivity contribution in [3.05, 3.63) is 23.2 Å². The van der Waals surface area contributed by atoms with Gasteiger partial charge in [0, 0.05) is 18.8 Å². The Hall–Kier alpha value is -1.26. The molecular weight excluding hydrogens is 286 g/mol. The molecule has 0 radical (unpaired) electrons. The minimum Gasteiger partial charge on any atom is -0.399 e. The van der Waals surface area contributed by atoms with Crippen LogP contribution < -0.4 is 11.1 Å². The molecule has 114 valence electrons. The molecule has 1 aromatic carbocycles. The van der Waals surface area contributed by atoms with Crippen molar-refractivity contribution in [2.75, 3.05) is 30.7 Å². The molecule has 1 aromatic rings. The Kier molecular flexibility index (Phi) is 4.36. The highest BCUT2D eigenvalue weighted by Crippen LogP contribution is 2.33. The first-order chi connectivity index (χ1) is 10.1. The van der Waals surface area contributed by atoms with Crippen molar-refractivity contribution in [3.63, 3.8) is 0 Å². The summed E-state index contributed by atoms with van der Waals surface area (Å²) >= 11 is 6.08. The van der Waals surface area contributed by atoms with Crippen LogP contribution in [-0.2, 0) is 4.79 Å². The number of amides is 1. The van der Waals surface area contributed by atoms with Crippen LogP contribution in [0, 0.1) is 11.8 Å². The molecule has 0 aromatic heterocycles. The van der Waals surface area contributed by atoms with Gasteiger partial charge in [0.05, 0.1) is 17.3 Å². The van der Waals surface area contributed by atoms with E-state index in [-0.39, 0.29) is 5.91 Å². The topological polar surface area (TPSA) is 58.4 Å². The Morgan fingerprint density at radius 2 is 1.86 bits per heavy atom. The molecule has 5 heteroatoms. The molecule has 3 rings (SSSR count). The second-order valence-corrected chi connectivity index (χ2v) is 6.78. The van der Waals surface area contributed by atoms with Crippen LogP contribution in [0.3, 0.4) is 0 Å². The molecule has 2 aliphatic carbocycles.